The monoisotopic (exact) mass is 509 g/mol. The molecule has 8 nitrogen and oxygen atoms in total. The number of nitrogens with zero attached hydrogens (tertiary/aromatic N) is 2. The Balaban J connectivity index is 1.09. The van der Waals surface area contributed by atoms with E-state index < -0.39 is 12.1 Å². The van der Waals surface area contributed by atoms with Gasteiger partial charge in [-0.25, -0.2) is 4.79 Å². The zero-order valence-corrected chi connectivity index (χ0v) is 21.3. The van der Waals surface area contributed by atoms with E-state index >= 15 is 0 Å². The van der Waals surface area contributed by atoms with Gasteiger partial charge in [0.25, 0.3) is 5.91 Å². The van der Waals surface area contributed by atoms with E-state index in [9.17, 15) is 9.59 Å². The van der Waals surface area contributed by atoms with E-state index in [4.69, 9.17) is 4.52 Å². The number of carbonyl (C=O) groups excluding carboxylic acids is 2. The summed E-state index contributed by atoms with van der Waals surface area (Å²) >= 11 is 0. The highest BCUT2D eigenvalue weighted by atomic mass is 16.5. The van der Waals surface area contributed by atoms with Gasteiger partial charge in [0, 0.05) is 17.6 Å². The van der Waals surface area contributed by atoms with E-state index in [0.29, 0.717) is 23.7 Å². The van der Waals surface area contributed by atoms with Gasteiger partial charge in [-0.3, -0.25) is 10.1 Å². The summed E-state index contributed by atoms with van der Waals surface area (Å²) in [6.07, 6.45) is 4.84. The minimum Gasteiger partial charge on any atom is -0.339 e. The molecule has 2 fully saturated rings. The van der Waals surface area contributed by atoms with Gasteiger partial charge in [0.1, 0.15) is 6.04 Å². The molecular formula is C30H31N5O3. The Morgan fingerprint density at radius 3 is 2.66 bits per heavy atom. The highest BCUT2D eigenvalue weighted by Crippen LogP contribution is 2.35. The molecular weight excluding hydrogens is 478 g/mol. The van der Waals surface area contributed by atoms with Gasteiger partial charge in [-0.2, -0.15) is 4.98 Å². The second-order valence-electron chi connectivity index (χ2n) is 10.4. The number of benzene rings is 3. The zero-order chi connectivity index (χ0) is 26.1. The van der Waals surface area contributed by atoms with Crippen molar-refractivity contribution in [1.82, 2.24) is 26.1 Å². The standard InChI is InChI=1S/C30H31N5O3/c1-18(24-11-5-7-20-6-2-3-10-25(20)24)31-23-9-4-8-22(16-23)19-12-14-21(15-13-19)28-33-27(38-35-28)17-26-29(36)34-30(37)32-26/h2-3,5-7,10-15,18,22-23,26,31H,4,8-9,16-17H2,1H3,(H2,32,34,36,37)/t18-,22?,23+,26?/m1/s1. The van der Waals surface area contributed by atoms with Gasteiger partial charge < -0.3 is 15.2 Å². The number of carbonyl (C=O) groups is 2. The van der Waals surface area contributed by atoms with Crippen molar-refractivity contribution in [3.63, 3.8) is 0 Å². The van der Waals surface area contributed by atoms with Crippen LogP contribution in [0.25, 0.3) is 22.2 Å². The fourth-order valence-corrected chi connectivity index (χ4v) is 5.85. The first kappa shape index (κ1) is 24.3. The molecule has 2 aliphatic rings. The molecule has 2 unspecified atom stereocenters. The molecule has 2 heterocycles. The van der Waals surface area contributed by atoms with Crippen molar-refractivity contribution in [2.24, 2.45) is 0 Å². The predicted molar refractivity (Wildman–Crippen MR) is 144 cm³/mol. The number of aromatic nitrogens is 2. The molecule has 0 bridgehead atoms. The number of urea groups is 1. The number of hydrogen-bond donors (Lipinski definition) is 3. The Labute approximate surface area is 221 Å². The van der Waals surface area contributed by atoms with E-state index in [-0.39, 0.29) is 18.4 Å². The molecule has 1 aliphatic carbocycles. The highest BCUT2D eigenvalue weighted by molar-refractivity contribution is 6.04. The highest BCUT2D eigenvalue weighted by Gasteiger charge is 2.31. The van der Waals surface area contributed by atoms with Crippen molar-refractivity contribution >= 4 is 22.7 Å². The maximum absolute atomic E-state index is 11.8. The molecule has 3 amide bonds. The molecule has 1 aromatic heterocycles. The van der Waals surface area contributed by atoms with E-state index in [1.54, 1.807) is 0 Å². The lowest BCUT2D eigenvalue weighted by atomic mass is 9.80. The second-order valence-corrected chi connectivity index (χ2v) is 10.4. The van der Waals surface area contributed by atoms with Crippen LogP contribution >= 0.6 is 0 Å². The molecule has 6 rings (SSSR count). The number of hydrogen-bond acceptors (Lipinski definition) is 6. The third-order valence-corrected chi connectivity index (χ3v) is 7.80. The van der Waals surface area contributed by atoms with Crippen molar-refractivity contribution in [2.75, 3.05) is 0 Å². The molecule has 194 valence electrons. The maximum atomic E-state index is 11.8. The van der Waals surface area contributed by atoms with E-state index in [2.05, 4.69) is 87.6 Å². The van der Waals surface area contributed by atoms with E-state index in [0.717, 1.165) is 12.0 Å². The van der Waals surface area contributed by atoms with Crippen molar-refractivity contribution in [3.05, 3.63) is 83.7 Å². The Morgan fingerprint density at radius 2 is 1.84 bits per heavy atom. The lowest BCUT2D eigenvalue weighted by Crippen LogP contribution is -2.35. The first-order valence-corrected chi connectivity index (χ1v) is 13.3. The van der Waals surface area contributed by atoms with Crippen molar-refractivity contribution in [3.8, 4) is 11.4 Å². The Hall–Kier alpha value is -4.04. The molecule has 3 aromatic carbocycles. The first-order chi connectivity index (χ1) is 18.5. The summed E-state index contributed by atoms with van der Waals surface area (Å²) in [6.45, 7) is 2.27. The van der Waals surface area contributed by atoms with Gasteiger partial charge in [-0.1, -0.05) is 78.3 Å². The van der Waals surface area contributed by atoms with Crippen molar-refractivity contribution in [1.29, 1.82) is 0 Å². The third-order valence-electron chi connectivity index (χ3n) is 7.80. The fraction of sp³-hybridized carbons (Fsp3) is 0.333. The van der Waals surface area contributed by atoms with Gasteiger partial charge in [0.2, 0.25) is 11.7 Å². The summed E-state index contributed by atoms with van der Waals surface area (Å²) in [4.78, 5) is 27.5. The van der Waals surface area contributed by atoms with Crippen LogP contribution in [0.4, 0.5) is 4.79 Å². The summed E-state index contributed by atoms with van der Waals surface area (Å²) in [5, 5.41) is 15.3. The van der Waals surface area contributed by atoms with E-state index in [1.807, 2.05) is 12.1 Å². The number of nitrogens with one attached hydrogen (secondary N) is 3. The largest absolute Gasteiger partial charge is 0.339 e. The van der Waals surface area contributed by atoms with Crippen LogP contribution in [0.3, 0.4) is 0 Å². The van der Waals surface area contributed by atoms with Crippen LogP contribution in [0.5, 0.6) is 0 Å². The predicted octanol–water partition coefficient (Wildman–Crippen LogP) is 5.02. The summed E-state index contributed by atoms with van der Waals surface area (Å²) in [7, 11) is 0. The van der Waals surface area contributed by atoms with Crippen LogP contribution in [0.1, 0.15) is 61.6 Å². The summed E-state index contributed by atoms with van der Waals surface area (Å²) in [5.74, 6) is 0.905. The molecule has 4 atom stereocenters. The molecule has 8 heteroatoms. The van der Waals surface area contributed by atoms with Crippen LogP contribution in [0.2, 0.25) is 0 Å². The average molecular weight is 510 g/mol. The molecule has 1 saturated carbocycles. The number of rotatable bonds is 7. The van der Waals surface area contributed by atoms with Crippen LogP contribution in [0.15, 0.2) is 71.3 Å². The lowest BCUT2D eigenvalue weighted by Gasteiger charge is -2.32. The summed E-state index contributed by atoms with van der Waals surface area (Å²) < 4.78 is 5.32. The molecule has 3 N–H and O–H groups in total. The van der Waals surface area contributed by atoms with Gasteiger partial charge in [-0.05, 0) is 54.0 Å². The van der Waals surface area contributed by atoms with Crippen LogP contribution in [-0.2, 0) is 11.2 Å². The Bertz CT molecular complexity index is 1460. The topological polar surface area (TPSA) is 109 Å². The Morgan fingerprint density at radius 1 is 1.03 bits per heavy atom. The molecule has 38 heavy (non-hydrogen) atoms. The molecule has 0 spiro atoms. The van der Waals surface area contributed by atoms with Gasteiger partial charge in [0.05, 0.1) is 6.42 Å². The van der Waals surface area contributed by atoms with E-state index in [1.165, 1.54) is 41.2 Å². The smallest absolute Gasteiger partial charge is 0.322 e. The summed E-state index contributed by atoms with van der Waals surface area (Å²) in [6, 6.07) is 23.1. The first-order valence-electron chi connectivity index (χ1n) is 13.3. The zero-order valence-electron chi connectivity index (χ0n) is 21.3. The second kappa shape index (κ2) is 10.4. The van der Waals surface area contributed by atoms with Crippen molar-refractivity contribution in [2.45, 2.75) is 63.1 Å². The van der Waals surface area contributed by atoms with Gasteiger partial charge >= 0.3 is 6.03 Å². The average Bonchev–Trinajstić information content (AvgIpc) is 3.54. The van der Waals surface area contributed by atoms with Gasteiger partial charge in [-0.15, -0.1) is 0 Å². The van der Waals surface area contributed by atoms with Crippen LogP contribution in [-0.4, -0.2) is 34.2 Å². The minimum atomic E-state index is -0.686. The molecule has 4 aromatic rings. The normalized spacial score (nSPS) is 22.3. The maximum Gasteiger partial charge on any atom is 0.322 e. The van der Waals surface area contributed by atoms with Crippen LogP contribution < -0.4 is 16.0 Å². The van der Waals surface area contributed by atoms with Gasteiger partial charge in [0.15, 0.2) is 0 Å². The molecule has 0 radical (unpaired) electrons. The lowest BCUT2D eigenvalue weighted by molar-refractivity contribution is -0.120. The van der Waals surface area contributed by atoms with Crippen LogP contribution in [0, 0.1) is 0 Å². The third kappa shape index (κ3) is 5.04. The fourth-order valence-electron chi connectivity index (χ4n) is 5.85. The van der Waals surface area contributed by atoms with Crippen molar-refractivity contribution < 1.29 is 14.1 Å². The summed E-state index contributed by atoms with van der Waals surface area (Å²) in [5.41, 5.74) is 3.54. The SMILES string of the molecule is C[C@@H](N[C@H]1CCCC(c2ccc(-c3noc(CC4NC(=O)NC4=O)n3)cc2)C1)c1cccc2ccccc12. The minimum absolute atomic E-state index is 0.163. The number of imide groups is 1. The molecule has 1 saturated heterocycles. The number of amides is 3. The Kier molecular flexibility index (Phi) is 6.64. The number of fused-ring (bicyclic) bond motifs is 1. The quantitative estimate of drug-likeness (QED) is 0.302. The molecule has 1 aliphatic heterocycles.